The zero-order valence-corrected chi connectivity index (χ0v) is 12.4. The van der Waals surface area contributed by atoms with E-state index in [4.69, 9.17) is 0 Å². The van der Waals surface area contributed by atoms with E-state index in [0.717, 1.165) is 24.7 Å². The molecular formula is C19H21NO. The van der Waals surface area contributed by atoms with E-state index in [1.807, 2.05) is 0 Å². The Morgan fingerprint density at radius 1 is 1.05 bits per heavy atom. The first-order valence-corrected chi connectivity index (χ1v) is 8.00. The van der Waals surface area contributed by atoms with Crippen LogP contribution in [0.1, 0.15) is 37.8 Å². The molecule has 2 nitrogen and oxygen atoms in total. The minimum atomic E-state index is 0.0699. The van der Waals surface area contributed by atoms with Crippen LogP contribution < -0.4 is 5.32 Å². The van der Waals surface area contributed by atoms with Crippen LogP contribution in [0.2, 0.25) is 0 Å². The Balaban J connectivity index is 1.53. The standard InChI is InChI=1S/C19H21NO/c1-12(20-19(21)16-10-14-9-15(14)11-16)17-8-4-6-13-5-2-3-7-18(13)17/h2-8,12,14-16H,9-11H2,1H3,(H,20,21). The van der Waals surface area contributed by atoms with Gasteiger partial charge in [0.1, 0.15) is 0 Å². The molecule has 108 valence electrons. The molecule has 21 heavy (non-hydrogen) atoms. The molecule has 2 heteroatoms. The Hall–Kier alpha value is -1.83. The van der Waals surface area contributed by atoms with Gasteiger partial charge in [-0.15, -0.1) is 0 Å². The highest BCUT2D eigenvalue weighted by molar-refractivity contribution is 5.87. The smallest absolute Gasteiger partial charge is 0.223 e. The normalized spacial score (nSPS) is 28.1. The van der Waals surface area contributed by atoms with Crippen molar-refractivity contribution in [3.05, 3.63) is 48.0 Å². The van der Waals surface area contributed by atoms with Crippen LogP contribution in [0.25, 0.3) is 10.8 Å². The second kappa shape index (κ2) is 4.87. The van der Waals surface area contributed by atoms with Gasteiger partial charge in [0.2, 0.25) is 5.91 Å². The van der Waals surface area contributed by atoms with E-state index in [-0.39, 0.29) is 17.9 Å². The fourth-order valence-electron chi connectivity index (χ4n) is 3.97. The monoisotopic (exact) mass is 279 g/mol. The van der Waals surface area contributed by atoms with Crippen LogP contribution in [0.3, 0.4) is 0 Å². The van der Waals surface area contributed by atoms with Gasteiger partial charge in [0, 0.05) is 5.92 Å². The average Bonchev–Trinajstić information content (AvgIpc) is 3.12. The third kappa shape index (κ3) is 2.33. The average molecular weight is 279 g/mol. The maximum atomic E-state index is 12.4. The number of carbonyl (C=O) groups is 1. The summed E-state index contributed by atoms with van der Waals surface area (Å²) in [7, 11) is 0. The van der Waals surface area contributed by atoms with Crippen molar-refractivity contribution in [2.75, 3.05) is 0 Å². The quantitative estimate of drug-likeness (QED) is 0.901. The van der Waals surface area contributed by atoms with Crippen molar-refractivity contribution in [2.45, 2.75) is 32.2 Å². The second-order valence-electron chi connectivity index (χ2n) is 6.72. The predicted molar refractivity (Wildman–Crippen MR) is 84.8 cm³/mol. The third-order valence-corrected chi connectivity index (χ3v) is 5.26. The molecule has 2 aliphatic carbocycles. The molecule has 2 fully saturated rings. The van der Waals surface area contributed by atoms with Crippen LogP contribution in [-0.2, 0) is 4.79 Å². The molecule has 0 aliphatic heterocycles. The summed E-state index contributed by atoms with van der Waals surface area (Å²) in [5, 5.41) is 5.70. The Morgan fingerprint density at radius 2 is 1.76 bits per heavy atom. The number of amides is 1. The Labute approximate surface area is 125 Å². The molecule has 2 aliphatic rings. The van der Waals surface area contributed by atoms with Crippen molar-refractivity contribution in [3.8, 4) is 0 Å². The highest BCUT2D eigenvalue weighted by atomic mass is 16.1. The molecule has 2 aromatic rings. The molecule has 0 spiro atoms. The van der Waals surface area contributed by atoms with Gasteiger partial charge in [-0.25, -0.2) is 0 Å². The van der Waals surface area contributed by atoms with Crippen LogP contribution in [0, 0.1) is 17.8 Å². The Kier molecular flexibility index (Phi) is 2.99. The molecule has 0 radical (unpaired) electrons. The summed E-state index contributed by atoms with van der Waals surface area (Å²) < 4.78 is 0. The van der Waals surface area contributed by atoms with Gasteiger partial charge in [-0.1, -0.05) is 42.5 Å². The van der Waals surface area contributed by atoms with Crippen molar-refractivity contribution in [2.24, 2.45) is 17.8 Å². The van der Waals surface area contributed by atoms with E-state index in [2.05, 4.69) is 54.7 Å². The Morgan fingerprint density at radius 3 is 2.57 bits per heavy atom. The largest absolute Gasteiger partial charge is 0.349 e. The topological polar surface area (TPSA) is 29.1 Å². The van der Waals surface area contributed by atoms with Crippen LogP contribution >= 0.6 is 0 Å². The first-order valence-electron chi connectivity index (χ1n) is 8.00. The number of benzene rings is 2. The zero-order chi connectivity index (χ0) is 14.4. The lowest BCUT2D eigenvalue weighted by Gasteiger charge is -2.19. The highest BCUT2D eigenvalue weighted by Gasteiger charge is 2.48. The molecule has 2 aromatic carbocycles. The van der Waals surface area contributed by atoms with Crippen molar-refractivity contribution in [1.29, 1.82) is 0 Å². The number of hydrogen-bond acceptors (Lipinski definition) is 1. The molecule has 1 N–H and O–H groups in total. The summed E-state index contributed by atoms with van der Waals surface area (Å²) in [6, 6.07) is 14.8. The van der Waals surface area contributed by atoms with Crippen LogP contribution in [-0.4, -0.2) is 5.91 Å². The SMILES string of the molecule is CC(NC(=O)C1CC2CC2C1)c1cccc2ccccc12. The molecule has 3 unspecified atom stereocenters. The molecule has 0 saturated heterocycles. The van der Waals surface area contributed by atoms with Crippen molar-refractivity contribution >= 4 is 16.7 Å². The predicted octanol–water partition coefficient (Wildman–Crippen LogP) is 4.06. The Bertz CT molecular complexity index is 678. The lowest BCUT2D eigenvalue weighted by atomic mass is 9.98. The summed E-state index contributed by atoms with van der Waals surface area (Å²) in [6.45, 7) is 2.09. The van der Waals surface area contributed by atoms with E-state index in [9.17, 15) is 4.79 Å². The van der Waals surface area contributed by atoms with Gasteiger partial charge in [0.25, 0.3) is 0 Å². The molecular weight excluding hydrogens is 258 g/mol. The third-order valence-electron chi connectivity index (χ3n) is 5.26. The number of fused-ring (bicyclic) bond motifs is 2. The van der Waals surface area contributed by atoms with Crippen molar-refractivity contribution < 1.29 is 4.79 Å². The summed E-state index contributed by atoms with van der Waals surface area (Å²) >= 11 is 0. The first-order chi connectivity index (χ1) is 10.2. The van der Waals surface area contributed by atoms with Gasteiger partial charge < -0.3 is 5.32 Å². The van der Waals surface area contributed by atoms with Gasteiger partial charge in [-0.05, 0) is 54.4 Å². The van der Waals surface area contributed by atoms with Gasteiger partial charge in [0.05, 0.1) is 6.04 Å². The maximum Gasteiger partial charge on any atom is 0.223 e. The van der Waals surface area contributed by atoms with E-state index < -0.39 is 0 Å². The fraction of sp³-hybridized carbons (Fsp3) is 0.421. The zero-order valence-electron chi connectivity index (χ0n) is 12.4. The van der Waals surface area contributed by atoms with Gasteiger partial charge in [-0.2, -0.15) is 0 Å². The number of rotatable bonds is 3. The van der Waals surface area contributed by atoms with E-state index >= 15 is 0 Å². The minimum absolute atomic E-state index is 0.0699. The fourth-order valence-corrected chi connectivity index (χ4v) is 3.97. The summed E-state index contributed by atoms with van der Waals surface area (Å²) in [4.78, 5) is 12.4. The molecule has 3 atom stereocenters. The first kappa shape index (κ1) is 12.9. The van der Waals surface area contributed by atoms with E-state index in [1.165, 1.54) is 22.8 Å². The van der Waals surface area contributed by atoms with Crippen LogP contribution in [0.4, 0.5) is 0 Å². The van der Waals surface area contributed by atoms with Gasteiger partial charge in [-0.3, -0.25) is 4.79 Å². The molecule has 4 rings (SSSR count). The van der Waals surface area contributed by atoms with E-state index in [0.29, 0.717) is 0 Å². The number of carbonyl (C=O) groups excluding carboxylic acids is 1. The van der Waals surface area contributed by atoms with Gasteiger partial charge in [0.15, 0.2) is 0 Å². The summed E-state index contributed by atoms with van der Waals surface area (Å²) in [5.74, 6) is 2.22. The van der Waals surface area contributed by atoms with Crippen molar-refractivity contribution in [3.63, 3.8) is 0 Å². The van der Waals surface area contributed by atoms with Crippen LogP contribution in [0.5, 0.6) is 0 Å². The summed E-state index contributed by atoms with van der Waals surface area (Å²) in [6.07, 6.45) is 3.58. The lowest BCUT2D eigenvalue weighted by Crippen LogP contribution is -2.32. The maximum absolute atomic E-state index is 12.4. The van der Waals surface area contributed by atoms with Crippen LogP contribution in [0.15, 0.2) is 42.5 Å². The van der Waals surface area contributed by atoms with E-state index in [1.54, 1.807) is 0 Å². The molecule has 1 amide bonds. The molecule has 2 saturated carbocycles. The highest BCUT2D eigenvalue weighted by Crippen LogP contribution is 2.54. The molecule has 0 heterocycles. The second-order valence-corrected chi connectivity index (χ2v) is 6.72. The number of hydrogen-bond donors (Lipinski definition) is 1. The number of nitrogens with one attached hydrogen (secondary N) is 1. The van der Waals surface area contributed by atoms with Gasteiger partial charge >= 0.3 is 0 Å². The molecule has 0 bridgehead atoms. The molecule has 0 aromatic heterocycles. The lowest BCUT2D eigenvalue weighted by molar-refractivity contribution is -0.125. The van der Waals surface area contributed by atoms with Crippen molar-refractivity contribution in [1.82, 2.24) is 5.32 Å². The minimum Gasteiger partial charge on any atom is -0.349 e. The summed E-state index contributed by atoms with van der Waals surface area (Å²) in [5.41, 5.74) is 1.21.